The molecule has 69 valence electrons. The maximum Gasteiger partial charge on any atom is 0.214 e. The van der Waals surface area contributed by atoms with Crippen LogP contribution in [0.15, 0.2) is 42.7 Å². The van der Waals surface area contributed by atoms with Crippen LogP contribution in [-0.4, -0.2) is 0 Å². The summed E-state index contributed by atoms with van der Waals surface area (Å²) in [6.07, 6.45) is 2.92. The maximum absolute atomic E-state index is 12.8. The normalized spacial score (nSPS) is 10.1. The summed E-state index contributed by atoms with van der Waals surface area (Å²) in [5.41, 5.74) is 0.546. The van der Waals surface area contributed by atoms with E-state index < -0.39 is 0 Å². The molecule has 3 heteroatoms. The van der Waals surface area contributed by atoms with E-state index >= 15 is 0 Å². The third kappa shape index (κ3) is 1.76. The third-order valence-electron chi connectivity index (χ3n) is 1.80. The average Bonchev–Trinajstić information content (AvgIpc) is 2.18. The number of aromatic nitrogens is 1. The summed E-state index contributed by atoms with van der Waals surface area (Å²) in [6.45, 7) is 0. The van der Waals surface area contributed by atoms with Crippen molar-refractivity contribution in [2.45, 2.75) is 0 Å². The molecular weight excluding hydrogens is 184 g/mol. The van der Waals surface area contributed by atoms with Gasteiger partial charge in [0.2, 0.25) is 11.9 Å². The Bertz CT molecular complexity index is 411. The lowest BCUT2D eigenvalue weighted by molar-refractivity contribution is -0.597. The Kier molecular flexibility index (Phi) is 2.23. The molecular formula is C11H7F2N+. The molecule has 1 radical (unpaired) electrons. The molecule has 2 rings (SSSR count). The van der Waals surface area contributed by atoms with Gasteiger partial charge in [0.1, 0.15) is 5.82 Å². The Hall–Kier alpha value is -1.77. The highest BCUT2D eigenvalue weighted by molar-refractivity contribution is 5.21. The highest BCUT2D eigenvalue weighted by Gasteiger charge is 2.07. The molecule has 1 nitrogen and oxygen atoms in total. The van der Waals surface area contributed by atoms with Crippen LogP contribution in [0.4, 0.5) is 8.78 Å². The zero-order valence-electron chi connectivity index (χ0n) is 7.24. The Morgan fingerprint density at radius 3 is 2.71 bits per heavy atom. The summed E-state index contributed by atoms with van der Waals surface area (Å²) in [5, 5.41) is 0. The van der Waals surface area contributed by atoms with Crippen molar-refractivity contribution in [3.63, 3.8) is 0 Å². The van der Waals surface area contributed by atoms with Crippen molar-refractivity contribution >= 4 is 0 Å². The van der Waals surface area contributed by atoms with Gasteiger partial charge in [0.25, 0.3) is 0 Å². The number of hydrogen-bond acceptors (Lipinski definition) is 0. The summed E-state index contributed by atoms with van der Waals surface area (Å²) >= 11 is 0. The van der Waals surface area contributed by atoms with Crippen LogP contribution in [-0.2, 0) is 0 Å². The maximum atomic E-state index is 12.8. The number of pyridine rings is 1. The molecule has 1 heterocycles. The lowest BCUT2D eigenvalue weighted by Crippen LogP contribution is -2.29. The van der Waals surface area contributed by atoms with E-state index in [2.05, 4.69) is 6.07 Å². The van der Waals surface area contributed by atoms with Crippen molar-refractivity contribution in [2.75, 3.05) is 0 Å². The smallest absolute Gasteiger partial charge is 0.207 e. The molecule has 0 aliphatic rings. The van der Waals surface area contributed by atoms with E-state index in [1.165, 1.54) is 29.0 Å². The zero-order valence-corrected chi connectivity index (χ0v) is 7.24. The van der Waals surface area contributed by atoms with E-state index in [0.29, 0.717) is 5.69 Å². The van der Waals surface area contributed by atoms with Crippen molar-refractivity contribution in [1.82, 2.24) is 0 Å². The highest BCUT2D eigenvalue weighted by Crippen LogP contribution is 2.02. The fourth-order valence-electron chi connectivity index (χ4n) is 1.19. The number of hydrogen-bond donors (Lipinski definition) is 0. The van der Waals surface area contributed by atoms with Crippen LogP contribution in [0.2, 0.25) is 0 Å². The lowest BCUT2D eigenvalue weighted by atomic mass is 10.3. The Morgan fingerprint density at radius 1 is 1.14 bits per heavy atom. The fraction of sp³-hybridized carbons (Fsp3) is 0. The lowest BCUT2D eigenvalue weighted by Gasteiger charge is -1.94. The number of nitrogens with zero attached hydrogens (tertiary/aromatic N) is 1. The molecule has 0 aliphatic carbocycles. The van der Waals surface area contributed by atoms with E-state index in [1.807, 2.05) is 0 Å². The van der Waals surface area contributed by atoms with Crippen LogP contribution in [0.5, 0.6) is 0 Å². The second-order valence-corrected chi connectivity index (χ2v) is 2.84. The number of halogens is 2. The largest absolute Gasteiger partial charge is 0.214 e. The predicted octanol–water partition coefficient (Wildman–Crippen LogP) is 2.04. The van der Waals surface area contributed by atoms with Gasteiger partial charge in [-0.05, 0) is 18.2 Å². The molecule has 1 aromatic heterocycles. The Labute approximate surface area is 80.2 Å². The number of rotatable bonds is 1. The molecule has 0 bridgehead atoms. The van der Waals surface area contributed by atoms with Gasteiger partial charge >= 0.3 is 0 Å². The second-order valence-electron chi connectivity index (χ2n) is 2.84. The Balaban J connectivity index is 2.49. The topological polar surface area (TPSA) is 3.88 Å². The second kappa shape index (κ2) is 3.54. The quantitative estimate of drug-likeness (QED) is 0.607. The van der Waals surface area contributed by atoms with Crippen LogP contribution < -0.4 is 4.57 Å². The molecule has 1 aromatic carbocycles. The molecule has 0 unspecified atom stereocenters. The first-order valence-electron chi connectivity index (χ1n) is 4.09. The number of benzene rings is 1. The van der Waals surface area contributed by atoms with E-state index in [1.54, 1.807) is 18.3 Å². The van der Waals surface area contributed by atoms with E-state index in [4.69, 9.17) is 0 Å². The molecule has 0 spiro atoms. The minimum atomic E-state index is -0.390. The first-order valence-corrected chi connectivity index (χ1v) is 4.09. The van der Waals surface area contributed by atoms with Crippen LogP contribution >= 0.6 is 0 Å². The highest BCUT2D eigenvalue weighted by atomic mass is 19.1. The molecule has 2 aromatic rings. The molecule has 0 saturated carbocycles. The molecule has 0 atom stereocenters. The van der Waals surface area contributed by atoms with Crippen LogP contribution in [0.25, 0.3) is 5.69 Å². The fourth-order valence-corrected chi connectivity index (χ4v) is 1.19. The summed E-state index contributed by atoms with van der Waals surface area (Å²) in [6, 6.07) is 9.64. The van der Waals surface area contributed by atoms with Gasteiger partial charge in [0.05, 0.1) is 0 Å². The van der Waals surface area contributed by atoms with Gasteiger partial charge in [-0.1, -0.05) is 0 Å². The summed E-state index contributed by atoms with van der Waals surface area (Å²) in [5.74, 6) is -0.754. The first kappa shape index (κ1) is 8.81. The van der Waals surface area contributed by atoms with Gasteiger partial charge < -0.3 is 0 Å². The Morgan fingerprint density at radius 2 is 2.00 bits per heavy atom. The van der Waals surface area contributed by atoms with Crippen molar-refractivity contribution in [3.05, 3.63) is 60.4 Å². The predicted molar refractivity (Wildman–Crippen MR) is 46.7 cm³/mol. The van der Waals surface area contributed by atoms with Gasteiger partial charge in [-0.3, -0.25) is 0 Å². The standard InChI is InChI=1S/C11H7F2N/c12-9-3-1-5-11(7-9)14-6-2-4-10(13)8-14/h2-8H/q+1. The van der Waals surface area contributed by atoms with Gasteiger partial charge in [0, 0.05) is 18.2 Å². The van der Waals surface area contributed by atoms with Crippen molar-refractivity contribution in [3.8, 4) is 5.69 Å². The van der Waals surface area contributed by atoms with Crippen molar-refractivity contribution < 1.29 is 13.3 Å². The van der Waals surface area contributed by atoms with Gasteiger partial charge in [-0.15, -0.1) is 0 Å². The van der Waals surface area contributed by atoms with Crippen molar-refractivity contribution in [1.29, 1.82) is 0 Å². The summed E-state index contributed by atoms with van der Waals surface area (Å²) < 4.78 is 27.1. The van der Waals surface area contributed by atoms with Crippen LogP contribution in [0, 0.1) is 17.7 Å². The summed E-state index contributed by atoms with van der Waals surface area (Å²) in [4.78, 5) is 0. The van der Waals surface area contributed by atoms with Gasteiger partial charge in [0.15, 0.2) is 12.0 Å². The third-order valence-corrected chi connectivity index (χ3v) is 1.80. The van der Waals surface area contributed by atoms with Crippen molar-refractivity contribution in [2.24, 2.45) is 0 Å². The summed E-state index contributed by atoms with van der Waals surface area (Å²) in [7, 11) is 0. The molecule has 0 aliphatic heterocycles. The zero-order chi connectivity index (χ0) is 9.97. The minimum absolute atomic E-state index is 0.364. The van der Waals surface area contributed by atoms with E-state index in [-0.39, 0.29) is 11.6 Å². The molecule has 0 N–H and O–H groups in total. The SMILES string of the molecule is Fc1c[c]cc(-[n+]2cccc(F)c2)c1. The van der Waals surface area contributed by atoms with E-state index in [0.717, 1.165) is 0 Å². The monoisotopic (exact) mass is 191 g/mol. The molecule has 0 saturated heterocycles. The molecule has 14 heavy (non-hydrogen) atoms. The van der Waals surface area contributed by atoms with E-state index in [9.17, 15) is 8.78 Å². The van der Waals surface area contributed by atoms with Crippen LogP contribution in [0.3, 0.4) is 0 Å². The molecule has 0 fully saturated rings. The van der Waals surface area contributed by atoms with Gasteiger partial charge in [-0.2, -0.15) is 4.57 Å². The average molecular weight is 191 g/mol. The molecule has 0 amide bonds. The minimum Gasteiger partial charge on any atom is -0.207 e. The van der Waals surface area contributed by atoms with Crippen LogP contribution in [0.1, 0.15) is 0 Å². The first-order chi connectivity index (χ1) is 6.75. The van der Waals surface area contributed by atoms with Gasteiger partial charge in [-0.25, -0.2) is 8.78 Å².